The molecule has 1 aromatic carbocycles. The number of halogens is 1. The Morgan fingerprint density at radius 2 is 1.75 bits per heavy atom. The van der Waals surface area contributed by atoms with Gasteiger partial charge in [0.1, 0.15) is 5.82 Å². The second-order valence-electron chi connectivity index (χ2n) is 6.01. The maximum Gasteiger partial charge on any atom is 0.235 e. The van der Waals surface area contributed by atoms with Crippen molar-refractivity contribution in [3.8, 4) is 0 Å². The molecule has 114 valence electrons. The van der Waals surface area contributed by atoms with Crippen molar-refractivity contribution in [3.63, 3.8) is 0 Å². The zero-order chi connectivity index (χ0) is 15.4. The van der Waals surface area contributed by atoms with E-state index in [9.17, 15) is 12.8 Å². The van der Waals surface area contributed by atoms with Gasteiger partial charge < -0.3 is 5.73 Å². The number of hydrogen-bond donors (Lipinski definition) is 1. The van der Waals surface area contributed by atoms with E-state index >= 15 is 0 Å². The number of sulfonamides is 1. The number of hydrogen-bond acceptors (Lipinski definition) is 3. The van der Waals surface area contributed by atoms with Crippen LogP contribution in [0.5, 0.6) is 0 Å². The van der Waals surface area contributed by atoms with E-state index in [0.717, 1.165) is 0 Å². The molecule has 0 radical (unpaired) electrons. The molecule has 0 aliphatic heterocycles. The molecule has 1 rings (SSSR count). The van der Waals surface area contributed by atoms with E-state index in [4.69, 9.17) is 5.73 Å². The van der Waals surface area contributed by atoms with E-state index in [1.54, 1.807) is 0 Å². The zero-order valence-corrected chi connectivity index (χ0v) is 13.1. The minimum atomic E-state index is -3.46. The summed E-state index contributed by atoms with van der Waals surface area (Å²) in [5.74, 6) is -0.358. The summed E-state index contributed by atoms with van der Waals surface area (Å²) >= 11 is 0. The van der Waals surface area contributed by atoms with Crippen molar-refractivity contribution in [1.82, 2.24) is 0 Å². The van der Waals surface area contributed by atoms with E-state index in [-0.39, 0.29) is 17.0 Å². The maximum atomic E-state index is 13.0. The number of nitrogens with zero attached hydrogens (tertiary/aromatic N) is 1. The van der Waals surface area contributed by atoms with Crippen LogP contribution >= 0.6 is 0 Å². The Bertz CT molecular complexity index is 521. The molecule has 0 saturated heterocycles. The quantitative estimate of drug-likeness (QED) is 0.877. The lowest BCUT2D eigenvalue weighted by atomic mass is 10.0. The molecule has 0 amide bonds. The average molecular weight is 302 g/mol. The molecule has 0 unspecified atom stereocenters. The van der Waals surface area contributed by atoms with Crippen molar-refractivity contribution in [1.29, 1.82) is 0 Å². The third kappa shape index (κ3) is 5.09. The van der Waals surface area contributed by atoms with Gasteiger partial charge >= 0.3 is 0 Å². The summed E-state index contributed by atoms with van der Waals surface area (Å²) in [5.41, 5.74) is 5.60. The molecule has 2 N–H and O–H groups in total. The predicted octanol–water partition coefficient (Wildman–Crippen LogP) is 2.36. The van der Waals surface area contributed by atoms with Gasteiger partial charge in [-0.25, -0.2) is 12.8 Å². The molecular weight excluding hydrogens is 279 g/mol. The molecular formula is C14H23FN2O2S. The minimum Gasteiger partial charge on any atom is -0.330 e. The summed E-state index contributed by atoms with van der Waals surface area (Å²) in [7, 11) is -3.46. The molecule has 6 heteroatoms. The van der Waals surface area contributed by atoms with Crippen molar-refractivity contribution in [2.45, 2.75) is 27.2 Å². The minimum absolute atomic E-state index is 0.0297. The number of benzene rings is 1. The normalized spacial score (nSPS) is 12.4. The Hall–Kier alpha value is -1.14. The van der Waals surface area contributed by atoms with E-state index in [1.807, 2.05) is 20.8 Å². The first kappa shape index (κ1) is 16.9. The molecule has 0 atom stereocenters. The Labute approximate surface area is 120 Å². The summed E-state index contributed by atoms with van der Waals surface area (Å²) in [4.78, 5) is 0. The van der Waals surface area contributed by atoms with Crippen LogP contribution in [0.3, 0.4) is 0 Å². The van der Waals surface area contributed by atoms with E-state index < -0.39 is 10.0 Å². The average Bonchev–Trinajstić information content (AvgIpc) is 2.28. The standard InChI is InChI=1S/C14H23FN2O2S/c1-14(2,3)11-20(18,19)17(10-4-9-16)13-7-5-12(15)6-8-13/h5-8H,4,9-11,16H2,1-3H3. The Balaban J connectivity index is 3.08. The molecule has 0 heterocycles. The second kappa shape index (κ2) is 6.54. The largest absolute Gasteiger partial charge is 0.330 e. The van der Waals surface area contributed by atoms with Gasteiger partial charge in [0.05, 0.1) is 11.4 Å². The molecule has 20 heavy (non-hydrogen) atoms. The van der Waals surface area contributed by atoms with Crippen LogP contribution in [0.15, 0.2) is 24.3 Å². The van der Waals surface area contributed by atoms with Gasteiger partial charge in [0.2, 0.25) is 10.0 Å². The van der Waals surface area contributed by atoms with Crippen LogP contribution in [-0.4, -0.2) is 27.3 Å². The van der Waals surface area contributed by atoms with Gasteiger partial charge in [0.25, 0.3) is 0 Å². The predicted molar refractivity (Wildman–Crippen MR) is 80.7 cm³/mol. The number of nitrogens with two attached hydrogens (primary N) is 1. The lowest BCUT2D eigenvalue weighted by Crippen LogP contribution is -2.38. The Kier molecular flexibility index (Phi) is 5.53. The lowest BCUT2D eigenvalue weighted by Gasteiger charge is -2.28. The fraction of sp³-hybridized carbons (Fsp3) is 0.571. The SMILES string of the molecule is CC(C)(C)CS(=O)(=O)N(CCCN)c1ccc(F)cc1. The first-order valence-corrected chi connectivity index (χ1v) is 8.23. The van der Waals surface area contributed by atoms with Gasteiger partial charge in [-0.1, -0.05) is 20.8 Å². The van der Waals surface area contributed by atoms with Gasteiger partial charge in [-0.15, -0.1) is 0 Å². The molecule has 0 bridgehead atoms. The van der Waals surface area contributed by atoms with Crippen molar-refractivity contribution in [2.75, 3.05) is 23.1 Å². The molecule has 0 fully saturated rings. The number of anilines is 1. The van der Waals surface area contributed by atoms with Crippen molar-refractivity contribution >= 4 is 15.7 Å². The van der Waals surface area contributed by atoms with Crippen LogP contribution < -0.4 is 10.0 Å². The highest BCUT2D eigenvalue weighted by atomic mass is 32.2. The van der Waals surface area contributed by atoms with Crippen molar-refractivity contribution < 1.29 is 12.8 Å². The topological polar surface area (TPSA) is 63.4 Å². The molecule has 4 nitrogen and oxygen atoms in total. The monoisotopic (exact) mass is 302 g/mol. The van der Waals surface area contributed by atoms with Crippen LogP contribution in [-0.2, 0) is 10.0 Å². The van der Waals surface area contributed by atoms with E-state index in [1.165, 1.54) is 28.6 Å². The maximum absolute atomic E-state index is 13.0. The van der Waals surface area contributed by atoms with Crippen LogP contribution in [0.2, 0.25) is 0 Å². The lowest BCUT2D eigenvalue weighted by molar-refractivity contribution is 0.460. The van der Waals surface area contributed by atoms with Gasteiger partial charge in [0, 0.05) is 6.54 Å². The van der Waals surface area contributed by atoms with Crippen molar-refractivity contribution in [3.05, 3.63) is 30.1 Å². The van der Waals surface area contributed by atoms with Gasteiger partial charge in [-0.3, -0.25) is 4.31 Å². The Morgan fingerprint density at radius 3 is 2.20 bits per heavy atom. The summed E-state index contributed by atoms with van der Waals surface area (Å²) in [6.07, 6.45) is 0.556. The van der Waals surface area contributed by atoms with Crippen molar-refractivity contribution in [2.24, 2.45) is 11.1 Å². The second-order valence-corrected chi connectivity index (χ2v) is 7.90. The van der Waals surface area contributed by atoms with Gasteiger partial charge in [0.15, 0.2) is 0 Å². The summed E-state index contributed by atoms with van der Waals surface area (Å²) in [6.45, 7) is 6.33. The molecule has 0 aromatic heterocycles. The van der Waals surface area contributed by atoms with E-state index in [2.05, 4.69) is 0 Å². The molecule has 0 saturated carbocycles. The summed E-state index contributed by atoms with van der Waals surface area (Å²) in [6, 6.07) is 5.48. The van der Waals surface area contributed by atoms with Gasteiger partial charge in [-0.2, -0.15) is 0 Å². The smallest absolute Gasteiger partial charge is 0.235 e. The van der Waals surface area contributed by atoms with Crippen LogP contribution in [0.25, 0.3) is 0 Å². The third-order valence-electron chi connectivity index (χ3n) is 2.63. The first-order valence-electron chi connectivity index (χ1n) is 6.62. The zero-order valence-electron chi connectivity index (χ0n) is 12.3. The highest BCUT2D eigenvalue weighted by Gasteiger charge is 2.28. The third-order valence-corrected chi connectivity index (χ3v) is 4.93. The highest BCUT2D eigenvalue weighted by Crippen LogP contribution is 2.24. The summed E-state index contributed by atoms with van der Waals surface area (Å²) in [5, 5.41) is 0. The fourth-order valence-corrected chi connectivity index (χ4v) is 4.00. The van der Waals surface area contributed by atoms with Gasteiger partial charge in [-0.05, 0) is 42.6 Å². The van der Waals surface area contributed by atoms with E-state index in [0.29, 0.717) is 25.2 Å². The van der Waals surface area contributed by atoms with Crippen LogP contribution in [0.1, 0.15) is 27.2 Å². The van der Waals surface area contributed by atoms with Crippen LogP contribution in [0, 0.1) is 11.2 Å². The fourth-order valence-electron chi connectivity index (χ4n) is 1.90. The molecule has 1 aromatic rings. The molecule has 0 aliphatic rings. The molecule has 0 aliphatic carbocycles. The molecule has 0 spiro atoms. The van der Waals surface area contributed by atoms with Crippen LogP contribution in [0.4, 0.5) is 10.1 Å². The summed E-state index contributed by atoms with van der Waals surface area (Å²) < 4.78 is 39.4. The number of rotatable bonds is 6. The first-order chi connectivity index (χ1) is 9.15. The Morgan fingerprint density at radius 1 is 1.20 bits per heavy atom. The highest BCUT2D eigenvalue weighted by molar-refractivity contribution is 7.92.